The predicted molar refractivity (Wildman–Crippen MR) is 64.1 cm³/mol. The number of fused-ring (bicyclic) bond motifs is 1. The van der Waals surface area contributed by atoms with E-state index in [1.165, 1.54) is 6.07 Å². The first-order valence-electron chi connectivity index (χ1n) is 5.76. The first-order valence-corrected chi connectivity index (χ1v) is 5.76. The molecule has 2 nitrogen and oxygen atoms in total. The quantitative estimate of drug-likeness (QED) is 0.852. The number of rotatable bonds is 2. The number of carboxylic acid groups (broad SMARTS) is 1. The maximum atomic E-state index is 13.7. The Morgan fingerprint density at radius 2 is 2.06 bits per heavy atom. The molecule has 1 aliphatic carbocycles. The second-order valence-electron chi connectivity index (χ2n) is 4.62. The average Bonchev–Trinajstić information content (AvgIpc) is 2.27. The van der Waals surface area contributed by atoms with Crippen molar-refractivity contribution < 1.29 is 14.3 Å². The van der Waals surface area contributed by atoms with Crippen LogP contribution < -0.4 is 0 Å². The molecule has 0 saturated carbocycles. The fraction of sp³-hybridized carbons (Fsp3) is 0.357. The zero-order valence-electron chi connectivity index (χ0n) is 9.96. The zero-order chi connectivity index (χ0) is 12.6. The smallest absolute Gasteiger partial charge is 0.331 e. The molecule has 0 bridgehead atoms. The van der Waals surface area contributed by atoms with E-state index in [9.17, 15) is 14.3 Å². The van der Waals surface area contributed by atoms with Gasteiger partial charge in [-0.05, 0) is 41.5 Å². The lowest BCUT2D eigenvalue weighted by Crippen LogP contribution is -2.15. The minimum atomic E-state index is -0.886. The number of aliphatic carboxylic acids is 1. The van der Waals surface area contributed by atoms with E-state index in [0.29, 0.717) is 24.0 Å². The molecule has 0 atom stereocenters. The van der Waals surface area contributed by atoms with E-state index >= 15 is 0 Å². The van der Waals surface area contributed by atoms with Crippen molar-refractivity contribution in [2.75, 3.05) is 0 Å². The number of carboxylic acids is 1. The largest absolute Gasteiger partial charge is 0.478 e. The summed E-state index contributed by atoms with van der Waals surface area (Å²) < 4.78 is 13.7. The summed E-state index contributed by atoms with van der Waals surface area (Å²) in [5.74, 6) is -1.03. The van der Waals surface area contributed by atoms with Gasteiger partial charge in [-0.2, -0.15) is 0 Å². The maximum absolute atomic E-state index is 13.7. The molecule has 1 aliphatic rings. The molecule has 0 aromatic heterocycles. The van der Waals surface area contributed by atoms with Crippen LogP contribution in [-0.4, -0.2) is 11.1 Å². The average molecular weight is 234 g/mol. The van der Waals surface area contributed by atoms with Crippen LogP contribution in [0.25, 0.3) is 5.57 Å². The van der Waals surface area contributed by atoms with Gasteiger partial charge in [0.2, 0.25) is 0 Å². The lowest BCUT2D eigenvalue weighted by atomic mass is 9.80. The molecule has 0 radical (unpaired) electrons. The molecule has 1 aromatic carbocycles. The summed E-state index contributed by atoms with van der Waals surface area (Å²) in [5.41, 5.74) is 2.63. The summed E-state index contributed by atoms with van der Waals surface area (Å²) in [4.78, 5) is 11.2. The third-order valence-corrected chi connectivity index (χ3v) is 3.19. The minimum Gasteiger partial charge on any atom is -0.478 e. The van der Waals surface area contributed by atoms with Crippen LogP contribution in [0.4, 0.5) is 4.39 Å². The van der Waals surface area contributed by atoms with Crippen LogP contribution in [0.1, 0.15) is 31.4 Å². The van der Waals surface area contributed by atoms with Crippen LogP contribution >= 0.6 is 0 Å². The molecule has 1 aromatic rings. The molecule has 0 spiro atoms. The molecular formula is C14H15FO2. The van der Waals surface area contributed by atoms with Crippen LogP contribution in [0.3, 0.4) is 0 Å². The first kappa shape index (κ1) is 11.8. The van der Waals surface area contributed by atoms with Gasteiger partial charge in [-0.1, -0.05) is 26.0 Å². The summed E-state index contributed by atoms with van der Waals surface area (Å²) in [7, 11) is 0. The lowest BCUT2D eigenvalue weighted by molar-refractivity contribution is -0.132. The van der Waals surface area contributed by atoms with Crippen molar-refractivity contribution in [1.82, 2.24) is 0 Å². The maximum Gasteiger partial charge on any atom is 0.331 e. The number of allylic oxidation sites excluding steroid dienone is 1. The third-order valence-electron chi connectivity index (χ3n) is 3.19. The van der Waals surface area contributed by atoms with Crippen molar-refractivity contribution in [3.63, 3.8) is 0 Å². The Balaban J connectivity index is 2.68. The van der Waals surface area contributed by atoms with Crippen LogP contribution in [0.5, 0.6) is 0 Å². The van der Waals surface area contributed by atoms with Gasteiger partial charge in [-0.25, -0.2) is 9.18 Å². The van der Waals surface area contributed by atoms with Crippen molar-refractivity contribution in [1.29, 1.82) is 0 Å². The van der Waals surface area contributed by atoms with Crippen LogP contribution in [0.15, 0.2) is 23.8 Å². The van der Waals surface area contributed by atoms with Crippen LogP contribution in [-0.2, 0) is 11.2 Å². The van der Waals surface area contributed by atoms with Crippen LogP contribution in [0, 0.1) is 11.7 Å². The van der Waals surface area contributed by atoms with E-state index in [0.717, 1.165) is 11.1 Å². The van der Waals surface area contributed by atoms with E-state index in [4.69, 9.17) is 0 Å². The molecule has 0 aliphatic heterocycles. The topological polar surface area (TPSA) is 37.3 Å². The Bertz CT molecular complexity index is 501. The first-order chi connectivity index (χ1) is 8.02. The zero-order valence-corrected chi connectivity index (χ0v) is 9.96. The van der Waals surface area contributed by atoms with E-state index in [1.54, 1.807) is 6.07 Å². The van der Waals surface area contributed by atoms with Crippen molar-refractivity contribution in [3.05, 3.63) is 40.7 Å². The Morgan fingerprint density at radius 1 is 1.35 bits per heavy atom. The fourth-order valence-electron chi connectivity index (χ4n) is 2.49. The molecule has 0 unspecified atom stereocenters. The predicted octanol–water partition coefficient (Wildman–Crippen LogP) is 3.27. The SMILES string of the molecule is CC(C)C1=C(C(=O)O)CCc2c(F)cccc21. The van der Waals surface area contributed by atoms with Gasteiger partial charge >= 0.3 is 5.97 Å². The van der Waals surface area contributed by atoms with E-state index in [2.05, 4.69) is 0 Å². The summed E-state index contributed by atoms with van der Waals surface area (Å²) in [5, 5.41) is 9.20. The summed E-state index contributed by atoms with van der Waals surface area (Å²) >= 11 is 0. The number of hydrogen-bond acceptors (Lipinski definition) is 1. The number of benzene rings is 1. The van der Waals surface area contributed by atoms with Gasteiger partial charge in [0.1, 0.15) is 5.82 Å². The second-order valence-corrected chi connectivity index (χ2v) is 4.62. The molecule has 0 fully saturated rings. The van der Waals surface area contributed by atoms with E-state index < -0.39 is 5.97 Å². The monoisotopic (exact) mass is 234 g/mol. The van der Waals surface area contributed by atoms with Crippen molar-refractivity contribution in [2.45, 2.75) is 26.7 Å². The fourth-order valence-corrected chi connectivity index (χ4v) is 2.49. The highest BCUT2D eigenvalue weighted by Gasteiger charge is 2.26. The molecule has 3 heteroatoms. The number of halogens is 1. The normalized spacial score (nSPS) is 15.1. The van der Waals surface area contributed by atoms with Crippen molar-refractivity contribution >= 4 is 11.5 Å². The van der Waals surface area contributed by atoms with Crippen LogP contribution in [0.2, 0.25) is 0 Å². The molecule has 0 saturated heterocycles. The Kier molecular flexibility index (Phi) is 3.01. The molecule has 2 rings (SSSR count). The summed E-state index contributed by atoms with van der Waals surface area (Å²) in [6, 6.07) is 4.89. The molecule has 0 heterocycles. The van der Waals surface area contributed by atoms with Gasteiger partial charge in [0.05, 0.1) is 0 Å². The standard InChI is InChI=1S/C14H15FO2/c1-8(2)13-10-4-3-5-12(15)9(10)6-7-11(13)14(16)17/h3-5,8H,6-7H2,1-2H3,(H,16,17). The third kappa shape index (κ3) is 1.97. The van der Waals surface area contributed by atoms with Gasteiger partial charge in [0.15, 0.2) is 0 Å². The van der Waals surface area contributed by atoms with Gasteiger partial charge in [-0.15, -0.1) is 0 Å². The molecule has 17 heavy (non-hydrogen) atoms. The molecule has 90 valence electrons. The highest BCUT2D eigenvalue weighted by molar-refractivity contribution is 5.98. The molecule has 1 N–H and O–H groups in total. The Hall–Kier alpha value is -1.64. The highest BCUT2D eigenvalue weighted by Crippen LogP contribution is 2.37. The Morgan fingerprint density at radius 3 is 2.65 bits per heavy atom. The summed E-state index contributed by atoms with van der Waals surface area (Å²) in [6.45, 7) is 3.89. The minimum absolute atomic E-state index is 0.0851. The van der Waals surface area contributed by atoms with Crippen molar-refractivity contribution in [2.24, 2.45) is 5.92 Å². The second kappa shape index (κ2) is 4.32. The molecule has 0 amide bonds. The van der Waals surface area contributed by atoms with Gasteiger partial charge in [0.25, 0.3) is 0 Å². The van der Waals surface area contributed by atoms with E-state index in [1.807, 2.05) is 19.9 Å². The van der Waals surface area contributed by atoms with E-state index in [-0.39, 0.29) is 11.7 Å². The summed E-state index contributed by atoms with van der Waals surface area (Å²) in [6.07, 6.45) is 0.886. The Labute approximate surface area is 99.8 Å². The van der Waals surface area contributed by atoms with Gasteiger partial charge in [0, 0.05) is 5.57 Å². The number of carbonyl (C=O) groups is 1. The van der Waals surface area contributed by atoms with Gasteiger partial charge in [-0.3, -0.25) is 0 Å². The van der Waals surface area contributed by atoms with Crippen molar-refractivity contribution in [3.8, 4) is 0 Å². The number of hydrogen-bond donors (Lipinski definition) is 1. The molecular weight excluding hydrogens is 219 g/mol. The van der Waals surface area contributed by atoms with Gasteiger partial charge < -0.3 is 5.11 Å². The highest BCUT2D eigenvalue weighted by atomic mass is 19.1. The lowest BCUT2D eigenvalue weighted by Gasteiger charge is -2.24.